The summed E-state index contributed by atoms with van der Waals surface area (Å²) < 4.78 is 4.81. The van der Waals surface area contributed by atoms with Crippen molar-refractivity contribution in [3.63, 3.8) is 0 Å². The Morgan fingerprint density at radius 1 is 1.43 bits per heavy atom. The first kappa shape index (κ1) is 14.8. The molecule has 0 saturated heterocycles. The van der Waals surface area contributed by atoms with E-state index in [4.69, 9.17) is 10.5 Å². The maximum atomic E-state index is 11.6. The van der Waals surface area contributed by atoms with Gasteiger partial charge in [-0.2, -0.15) is 15.4 Å². The zero-order chi connectivity index (χ0) is 15.2. The van der Waals surface area contributed by atoms with Crippen LogP contribution in [0.5, 0.6) is 0 Å². The fourth-order valence-electron chi connectivity index (χ4n) is 2.15. The van der Waals surface area contributed by atoms with E-state index >= 15 is 0 Å². The number of amides is 2. The van der Waals surface area contributed by atoms with E-state index in [9.17, 15) is 9.59 Å². The number of aryl methyl sites for hydroxylation is 1. The van der Waals surface area contributed by atoms with E-state index in [1.54, 1.807) is 0 Å². The number of primary amides is 1. The Bertz CT molecular complexity index is 640. The van der Waals surface area contributed by atoms with Gasteiger partial charge in [0, 0.05) is 7.05 Å². The largest absolute Gasteiger partial charge is 0.436 e. The van der Waals surface area contributed by atoms with Crippen LogP contribution in [0.4, 0.5) is 4.79 Å². The van der Waals surface area contributed by atoms with Gasteiger partial charge in [0.15, 0.2) is 6.10 Å². The number of likely N-dealkylation sites (N-methyl/N-ethyl adjacent to an activating group) is 1. The third-order valence-electron chi connectivity index (χ3n) is 3.14. The van der Waals surface area contributed by atoms with Crippen LogP contribution in [0, 0.1) is 0 Å². The maximum Gasteiger partial charge on any atom is 0.405 e. The molecule has 2 amide bonds. The Hall–Kier alpha value is -2.64. The predicted molar refractivity (Wildman–Crippen MR) is 75.3 cm³/mol. The molecule has 1 heterocycles. The monoisotopic (exact) mass is 291 g/mol. The third-order valence-corrected chi connectivity index (χ3v) is 3.14. The number of ether oxygens (including phenoxy) is 1. The van der Waals surface area contributed by atoms with Crippen molar-refractivity contribution in [1.29, 1.82) is 0 Å². The third kappa shape index (κ3) is 3.68. The first-order valence-electron chi connectivity index (χ1n) is 6.58. The molecule has 4 N–H and O–H groups in total. The number of benzene rings is 1. The molecule has 112 valence electrons. The molecule has 0 fully saturated rings. The molecule has 21 heavy (non-hydrogen) atoms. The van der Waals surface area contributed by atoms with Crippen LogP contribution in [-0.2, 0) is 16.0 Å². The summed E-state index contributed by atoms with van der Waals surface area (Å²) in [6.07, 6.45) is -0.0977. The van der Waals surface area contributed by atoms with Crippen molar-refractivity contribution in [2.75, 3.05) is 7.05 Å². The van der Waals surface area contributed by atoms with E-state index in [-0.39, 0.29) is 5.91 Å². The minimum Gasteiger partial charge on any atom is -0.436 e. The van der Waals surface area contributed by atoms with Crippen molar-refractivity contribution in [3.8, 4) is 0 Å². The molecule has 8 heteroatoms. The summed E-state index contributed by atoms with van der Waals surface area (Å²) in [6.45, 7) is 0. The molecule has 0 unspecified atom stereocenters. The number of nitrogens with zero attached hydrogens (tertiary/aromatic N) is 2. The van der Waals surface area contributed by atoms with Crippen molar-refractivity contribution in [2.24, 2.45) is 5.73 Å². The number of nitrogens with one attached hydrogen (secondary N) is 2. The number of aromatic nitrogens is 3. The first-order chi connectivity index (χ1) is 10.1. The Morgan fingerprint density at radius 3 is 2.95 bits per heavy atom. The van der Waals surface area contributed by atoms with Crippen LogP contribution >= 0.6 is 0 Å². The number of carbonyl (C=O) groups is 2. The van der Waals surface area contributed by atoms with Gasteiger partial charge in [0.2, 0.25) is 0 Å². The fraction of sp³-hybridized carbons (Fsp3) is 0.385. The Morgan fingerprint density at radius 2 is 2.24 bits per heavy atom. The van der Waals surface area contributed by atoms with Gasteiger partial charge < -0.3 is 15.8 Å². The zero-order valence-electron chi connectivity index (χ0n) is 11.6. The van der Waals surface area contributed by atoms with E-state index in [1.807, 2.05) is 18.2 Å². The number of rotatable bonds is 6. The van der Waals surface area contributed by atoms with Crippen LogP contribution in [0.2, 0.25) is 0 Å². The molecule has 2 rings (SSSR count). The summed E-state index contributed by atoms with van der Waals surface area (Å²) in [6, 6.07) is 5.72. The van der Waals surface area contributed by atoms with Crippen LogP contribution in [-0.4, -0.2) is 40.6 Å². The molecule has 0 spiro atoms. The molecule has 0 aliphatic heterocycles. The van der Waals surface area contributed by atoms with Crippen LogP contribution in [0.25, 0.3) is 11.0 Å². The highest BCUT2D eigenvalue weighted by Crippen LogP contribution is 2.16. The van der Waals surface area contributed by atoms with Gasteiger partial charge in [-0.05, 0) is 30.9 Å². The lowest BCUT2D eigenvalue weighted by molar-refractivity contribution is -0.129. The minimum atomic E-state index is -0.956. The van der Waals surface area contributed by atoms with Gasteiger partial charge >= 0.3 is 6.09 Å². The van der Waals surface area contributed by atoms with Gasteiger partial charge in [0.25, 0.3) is 5.91 Å². The van der Waals surface area contributed by atoms with Crippen LogP contribution in [0.3, 0.4) is 0 Å². The Labute approximate surface area is 121 Å². The topological polar surface area (TPSA) is 123 Å². The number of para-hydroxylation sites is 1. The lowest BCUT2D eigenvalue weighted by Gasteiger charge is -2.14. The summed E-state index contributed by atoms with van der Waals surface area (Å²) in [7, 11) is 1.48. The standard InChI is InChI=1S/C13H17N5O3/c1-15-12(19)10(21-13(14)20)7-3-5-8-4-2-6-9-11(8)17-18-16-9/h2,4,6,10H,3,5,7H2,1H3,(H2,14,20)(H,15,19)(H,16,17,18)/t10-/m0/s1. The lowest BCUT2D eigenvalue weighted by Crippen LogP contribution is -2.37. The Kier molecular flexibility index (Phi) is 4.70. The fourth-order valence-corrected chi connectivity index (χ4v) is 2.15. The van der Waals surface area contributed by atoms with Crippen LogP contribution in [0.15, 0.2) is 18.2 Å². The second-order valence-corrected chi connectivity index (χ2v) is 4.54. The van der Waals surface area contributed by atoms with Gasteiger partial charge in [-0.3, -0.25) is 4.79 Å². The average molecular weight is 291 g/mol. The number of fused-ring (bicyclic) bond motifs is 1. The summed E-state index contributed by atoms with van der Waals surface area (Å²) in [5.41, 5.74) is 7.59. The van der Waals surface area contributed by atoms with Gasteiger partial charge in [-0.1, -0.05) is 12.1 Å². The van der Waals surface area contributed by atoms with Gasteiger partial charge in [0.1, 0.15) is 11.0 Å². The molecular formula is C13H17N5O3. The number of nitrogens with two attached hydrogens (primary N) is 1. The molecular weight excluding hydrogens is 274 g/mol. The predicted octanol–water partition coefficient (Wildman–Crippen LogP) is 0.490. The van der Waals surface area contributed by atoms with E-state index in [2.05, 4.69) is 20.7 Å². The van der Waals surface area contributed by atoms with Crippen LogP contribution in [0.1, 0.15) is 18.4 Å². The lowest BCUT2D eigenvalue weighted by atomic mass is 10.0. The SMILES string of the molecule is CNC(=O)[C@H](CCCc1cccc2n[nH]nc12)OC(N)=O. The quantitative estimate of drug-likeness (QED) is 0.714. The summed E-state index contributed by atoms with van der Waals surface area (Å²) in [5, 5.41) is 13.1. The summed E-state index contributed by atoms with van der Waals surface area (Å²) >= 11 is 0. The molecule has 1 aromatic carbocycles. The normalized spacial score (nSPS) is 12.0. The number of hydrogen-bond acceptors (Lipinski definition) is 5. The number of hydrogen-bond donors (Lipinski definition) is 3. The molecule has 0 aliphatic rings. The number of aromatic amines is 1. The molecule has 0 radical (unpaired) electrons. The first-order valence-corrected chi connectivity index (χ1v) is 6.58. The van der Waals surface area contributed by atoms with E-state index in [0.717, 1.165) is 16.6 Å². The van der Waals surface area contributed by atoms with Gasteiger partial charge in [-0.25, -0.2) is 4.79 Å². The van der Waals surface area contributed by atoms with Crippen molar-refractivity contribution in [1.82, 2.24) is 20.7 Å². The second kappa shape index (κ2) is 6.69. The highest BCUT2D eigenvalue weighted by molar-refractivity contribution is 5.82. The van der Waals surface area contributed by atoms with E-state index < -0.39 is 12.2 Å². The molecule has 0 bridgehead atoms. The van der Waals surface area contributed by atoms with Gasteiger partial charge in [-0.15, -0.1) is 0 Å². The summed E-state index contributed by atoms with van der Waals surface area (Å²) in [4.78, 5) is 22.4. The number of H-pyrrole nitrogens is 1. The summed E-state index contributed by atoms with van der Waals surface area (Å²) in [5.74, 6) is -0.367. The zero-order valence-corrected chi connectivity index (χ0v) is 11.6. The van der Waals surface area contributed by atoms with Crippen molar-refractivity contribution < 1.29 is 14.3 Å². The van der Waals surface area contributed by atoms with Crippen molar-refractivity contribution >= 4 is 23.0 Å². The molecule has 2 aromatic rings. The highest BCUT2D eigenvalue weighted by Gasteiger charge is 2.20. The smallest absolute Gasteiger partial charge is 0.405 e. The number of carbonyl (C=O) groups excluding carboxylic acids is 2. The minimum absolute atomic E-state index is 0.367. The molecule has 1 aromatic heterocycles. The van der Waals surface area contributed by atoms with Crippen molar-refractivity contribution in [3.05, 3.63) is 23.8 Å². The molecule has 0 aliphatic carbocycles. The van der Waals surface area contributed by atoms with Gasteiger partial charge in [0.05, 0.1) is 0 Å². The molecule has 8 nitrogen and oxygen atoms in total. The second-order valence-electron chi connectivity index (χ2n) is 4.54. The van der Waals surface area contributed by atoms with Crippen LogP contribution < -0.4 is 11.1 Å². The van der Waals surface area contributed by atoms with E-state index in [0.29, 0.717) is 19.3 Å². The molecule has 0 saturated carbocycles. The highest BCUT2D eigenvalue weighted by atomic mass is 16.6. The average Bonchev–Trinajstić information content (AvgIpc) is 2.94. The molecule has 1 atom stereocenters. The van der Waals surface area contributed by atoms with E-state index in [1.165, 1.54) is 7.05 Å². The maximum absolute atomic E-state index is 11.6. The van der Waals surface area contributed by atoms with Crippen molar-refractivity contribution in [2.45, 2.75) is 25.4 Å². The Balaban J connectivity index is 1.97.